The largest absolute Gasteiger partial charge is 0.397 e. The van der Waals surface area contributed by atoms with Crippen molar-refractivity contribution in [3.8, 4) is 0 Å². The van der Waals surface area contributed by atoms with Crippen LogP contribution in [-0.4, -0.2) is 15.0 Å². The van der Waals surface area contributed by atoms with Crippen LogP contribution < -0.4 is 10.5 Å². The van der Waals surface area contributed by atoms with Gasteiger partial charge in [-0.1, -0.05) is 25.0 Å². The molecule has 0 saturated heterocycles. The lowest BCUT2D eigenvalue weighted by atomic mass is 10.1. The lowest BCUT2D eigenvalue weighted by Gasteiger charge is -2.13. The Morgan fingerprint density at radius 1 is 1.26 bits per heavy atom. The molecule has 0 aliphatic heterocycles. The summed E-state index contributed by atoms with van der Waals surface area (Å²) in [7, 11) is -3.50. The third-order valence-electron chi connectivity index (χ3n) is 3.66. The van der Waals surface area contributed by atoms with Gasteiger partial charge in [-0.2, -0.15) is 0 Å². The molecule has 0 amide bonds. The number of nitrogens with one attached hydrogen (secondary N) is 1. The van der Waals surface area contributed by atoms with Gasteiger partial charge in [-0.05, 0) is 43.7 Å². The van der Waals surface area contributed by atoms with Crippen molar-refractivity contribution < 1.29 is 8.42 Å². The molecule has 0 atom stereocenters. The van der Waals surface area contributed by atoms with Gasteiger partial charge in [0, 0.05) is 6.54 Å². The van der Waals surface area contributed by atoms with Gasteiger partial charge in [0.15, 0.2) is 0 Å². The number of anilines is 1. The summed E-state index contributed by atoms with van der Waals surface area (Å²) < 4.78 is 27.3. The third kappa shape index (κ3) is 3.48. The highest BCUT2D eigenvalue weighted by atomic mass is 32.2. The summed E-state index contributed by atoms with van der Waals surface area (Å²) in [5.74, 6) is 0.829. The van der Waals surface area contributed by atoms with E-state index in [-0.39, 0.29) is 4.90 Å². The quantitative estimate of drug-likeness (QED) is 0.621. The van der Waals surface area contributed by atoms with Gasteiger partial charge in [0.05, 0.1) is 5.69 Å². The van der Waals surface area contributed by atoms with Gasteiger partial charge in [0.25, 0.3) is 0 Å². The standard InChI is InChI=1S/C14H22N2O2S/c1-10-5-6-11(2)14(13(10)15)19(17,18)16-9-3-4-12-7-8-12/h5-6,12,16H,3-4,7-9,15H2,1-2H3. The normalized spacial score (nSPS) is 15.7. The number of nitrogens with two attached hydrogens (primary N) is 1. The summed E-state index contributed by atoms with van der Waals surface area (Å²) >= 11 is 0. The van der Waals surface area contributed by atoms with Crippen molar-refractivity contribution in [3.63, 3.8) is 0 Å². The molecule has 0 heterocycles. The number of rotatable bonds is 6. The Kier molecular flexibility index (Phi) is 4.16. The number of sulfonamides is 1. The SMILES string of the molecule is Cc1ccc(C)c(S(=O)(=O)NCCCC2CC2)c1N. The predicted octanol–water partition coefficient (Wildman–Crippen LogP) is 2.35. The Labute approximate surface area is 115 Å². The number of hydrogen-bond donors (Lipinski definition) is 2. The fourth-order valence-electron chi connectivity index (χ4n) is 2.24. The van der Waals surface area contributed by atoms with Crippen LogP contribution in [0.3, 0.4) is 0 Å². The van der Waals surface area contributed by atoms with E-state index in [0.717, 1.165) is 24.3 Å². The molecular formula is C14H22N2O2S. The molecule has 0 bridgehead atoms. The summed E-state index contributed by atoms with van der Waals surface area (Å²) in [6, 6.07) is 3.64. The monoisotopic (exact) mass is 282 g/mol. The first-order valence-corrected chi connectivity index (χ1v) is 8.25. The van der Waals surface area contributed by atoms with E-state index in [1.807, 2.05) is 13.0 Å². The van der Waals surface area contributed by atoms with Gasteiger partial charge in [-0.3, -0.25) is 0 Å². The van der Waals surface area contributed by atoms with Crippen molar-refractivity contribution in [2.75, 3.05) is 12.3 Å². The summed E-state index contributed by atoms with van der Waals surface area (Å²) in [6.07, 6.45) is 4.62. The topological polar surface area (TPSA) is 72.2 Å². The molecule has 1 fully saturated rings. The summed E-state index contributed by atoms with van der Waals surface area (Å²) in [5.41, 5.74) is 7.76. The van der Waals surface area contributed by atoms with E-state index in [0.29, 0.717) is 17.8 Å². The minimum absolute atomic E-state index is 0.235. The van der Waals surface area contributed by atoms with E-state index in [4.69, 9.17) is 5.73 Å². The van der Waals surface area contributed by atoms with Crippen LogP contribution in [0.2, 0.25) is 0 Å². The molecule has 0 radical (unpaired) electrons. The Morgan fingerprint density at radius 3 is 2.53 bits per heavy atom. The molecule has 2 rings (SSSR count). The molecular weight excluding hydrogens is 260 g/mol. The Hall–Kier alpha value is -1.07. The highest BCUT2D eigenvalue weighted by molar-refractivity contribution is 7.89. The van der Waals surface area contributed by atoms with Crippen LogP contribution in [0.25, 0.3) is 0 Å². The molecule has 0 spiro atoms. The minimum Gasteiger partial charge on any atom is -0.397 e. The average Bonchev–Trinajstić information content (AvgIpc) is 3.14. The fourth-order valence-corrected chi connectivity index (χ4v) is 3.74. The Bertz CT molecular complexity index is 563. The number of nitrogen functional groups attached to an aromatic ring is 1. The lowest BCUT2D eigenvalue weighted by Crippen LogP contribution is -2.26. The van der Waals surface area contributed by atoms with E-state index in [9.17, 15) is 8.42 Å². The van der Waals surface area contributed by atoms with E-state index in [2.05, 4.69) is 4.72 Å². The van der Waals surface area contributed by atoms with Gasteiger partial charge in [-0.25, -0.2) is 13.1 Å². The van der Waals surface area contributed by atoms with E-state index >= 15 is 0 Å². The Balaban J connectivity index is 2.07. The summed E-state index contributed by atoms with van der Waals surface area (Å²) in [4.78, 5) is 0.235. The van der Waals surface area contributed by atoms with Crippen molar-refractivity contribution in [2.24, 2.45) is 5.92 Å². The maximum Gasteiger partial charge on any atom is 0.242 e. The average molecular weight is 282 g/mol. The summed E-state index contributed by atoms with van der Waals surface area (Å²) in [6.45, 7) is 4.08. The number of benzene rings is 1. The van der Waals surface area contributed by atoms with E-state index < -0.39 is 10.0 Å². The van der Waals surface area contributed by atoms with Crippen LogP contribution in [0.1, 0.15) is 36.8 Å². The van der Waals surface area contributed by atoms with Crippen LogP contribution in [0.4, 0.5) is 5.69 Å². The minimum atomic E-state index is -3.50. The fraction of sp³-hybridized carbons (Fsp3) is 0.571. The second kappa shape index (κ2) is 5.51. The molecule has 1 aliphatic carbocycles. The van der Waals surface area contributed by atoms with Crippen molar-refractivity contribution in [1.82, 2.24) is 4.72 Å². The van der Waals surface area contributed by atoms with Gasteiger partial charge in [0.1, 0.15) is 4.90 Å². The molecule has 1 aromatic carbocycles. The number of aryl methyl sites for hydroxylation is 2. The van der Waals surface area contributed by atoms with Gasteiger partial charge in [-0.15, -0.1) is 0 Å². The van der Waals surface area contributed by atoms with E-state index in [1.54, 1.807) is 13.0 Å². The molecule has 3 N–H and O–H groups in total. The van der Waals surface area contributed by atoms with Crippen LogP contribution in [-0.2, 0) is 10.0 Å². The van der Waals surface area contributed by atoms with E-state index in [1.165, 1.54) is 12.8 Å². The highest BCUT2D eigenvalue weighted by Gasteiger charge is 2.22. The van der Waals surface area contributed by atoms with Crippen LogP contribution >= 0.6 is 0 Å². The van der Waals surface area contributed by atoms with Gasteiger partial charge < -0.3 is 5.73 Å². The molecule has 19 heavy (non-hydrogen) atoms. The van der Waals surface area contributed by atoms with Crippen molar-refractivity contribution in [1.29, 1.82) is 0 Å². The molecule has 5 heteroatoms. The first kappa shape index (κ1) is 14.3. The second-order valence-electron chi connectivity index (χ2n) is 5.43. The first-order chi connectivity index (χ1) is 8.92. The second-order valence-corrected chi connectivity index (χ2v) is 7.13. The van der Waals surface area contributed by atoms with Crippen molar-refractivity contribution in [3.05, 3.63) is 23.3 Å². The van der Waals surface area contributed by atoms with Crippen LogP contribution in [0, 0.1) is 19.8 Å². The molecule has 1 aliphatic rings. The third-order valence-corrected chi connectivity index (χ3v) is 5.32. The van der Waals surface area contributed by atoms with Gasteiger partial charge >= 0.3 is 0 Å². The van der Waals surface area contributed by atoms with Crippen LogP contribution in [0.15, 0.2) is 17.0 Å². The summed E-state index contributed by atoms with van der Waals surface area (Å²) in [5, 5.41) is 0. The molecule has 0 unspecified atom stereocenters. The highest BCUT2D eigenvalue weighted by Crippen LogP contribution is 2.33. The first-order valence-electron chi connectivity index (χ1n) is 6.77. The zero-order chi connectivity index (χ0) is 14.0. The zero-order valence-corrected chi connectivity index (χ0v) is 12.4. The molecule has 1 aromatic rings. The Morgan fingerprint density at radius 2 is 1.89 bits per heavy atom. The molecule has 0 aromatic heterocycles. The predicted molar refractivity (Wildman–Crippen MR) is 77.5 cm³/mol. The van der Waals surface area contributed by atoms with Crippen molar-refractivity contribution in [2.45, 2.75) is 44.4 Å². The van der Waals surface area contributed by atoms with Crippen LogP contribution in [0.5, 0.6) is 0 Å². The molecule has 106 valence electrons. The zero-order valence-electron chi connectivity index (χ0n) is 11.6. The maximum absolute atomic E-state index is 12.3. The van der Waals surface area contributed by atoms with Gasteiger partial charge in [0.2, 0.25) is 10.0 Å². The maximum atomic E-state index is 12.3. The molecule has 1 saturated carbocycles. The smallest absolute Gasteiger partial charge is 0.242 e. The molecule has 4 nitrogen and oxygen atoms in total. The number of hydrogen-bond acceptors (Lipinski definition) is 3. The lowest BCUT2D eigenvalue weighted by molar-refractivity contribution is 0.572. The van der Waals surface area contributed by atoms with Crippen molar-refractivity contribution >= 4 is 15.7 Å².